The summed E-state index contributed by atoms with van der Waals surface area (Å²) in [4.78, 5) is 10.2. The predicted molar refractivity (Wildman–Crippen MR) is 43.6 cm³/mol. The van der Waals surface area contributed by atoms with Gasteiger partial charge in [0.15, 0.2) is 5.06 Å². The molecule has 0 aliphatic carbocycles. The van der Waals surface area contributed by atoms with E-state index in [4.69, 9.17) is 21.2 Å². The number of carboxylic acid groups (broad SMARTS) is 1. The summed E-state index contributed by atoms with van der Waals surface area (Å²) in [5.41, 5.74) is 6.74. The molecule has 0 aromatic heterocycles. The number of nitrogens with one attached hydrogen (secondary N) is 1. The van der Waals surface area contributed by atoms with Crippen molar-refractivity contribution in [3.8, 4) is 0 Å². The molecule has 0 aromatic carbocycles. The molecule has 0 unspecified atom stereocenters. The van der Waals surface area contributed by atoms with Crippen LogP contribution in [0.25, 0.3) is 0 Å². The van der Waals surface area contributed by atoms with E-state index >= 15 is 0 Å². The Hall–Kier alpha value is -0.340. The maximum atomic E-state index is 10.2. The number of carbonyl (C=O) groups is 1. The van der Waals surface area contributed by atoms with Crippen LogP contribution in [0.3, 0.4) is 0 Å². The maximum Gasteiger partial charge on any atom is 0.321 e. The topological polar surface area (TPSA) is 116 Å². The van der Waals surface area contributed by atoms with Crippen molar-refractivity contribution < 1.29 is 20.2 Å². The second-order valence-corrected chi connectivity index (χ2v) is 3.77. The summed E-state index contributed by atoms with van der Waals surface area (Å²) in [6.45, 7) is 1.28. The summed E-state index contributed by atoms with van der Waals surface area (Å²) < 4.78 is 0. The third-order valence-corrected chi connectivity index (χ3v) is 2.25. The number of carboxylic acids is 1. The van der Waals surface area contributed by atoms with Gasteiger partial charge in [0, 0.05) is 5.75 Å². The highest BCUT2D eigenvalue weighted by Gasteiger charge is 2.22. The van der Waals surface area contributed by atoms with E-state index in [1.807, 2.05) is 0 Å². The molecule has 0 aliphatic heterocycles. The minimum atomic E-state index is -1.56. The lowest BCUT2D eigenvalue weighted by Gasteiger charge is -2.20. The first-order valence-corrected chi connectivity index (χ1v) is 4.13. The molecule has 0 bridgehead atoms. The molecule has 6 nitrogen and oxygen atoms in total. The van der Waals surface area contributed by atoms with Crippen LogP contribution in [0.1, 0.15) is 6.92 Å². The van der Waals surface area contributed by atoms with E-state index in [0.717, 1.165) is 11.8 Å². The summed E-state index contributed by atoms with van der Waals surface area (Å²) in [6, 6.07) is -1.05. The first kappa shape index (κ1) is 11.7. The lowest BCUT2D eigenvalue weighted by molar-refractivity contribution is -0.137. The average Bonchev–Trinajstić information content (AvgIpc) is 2.00. The number of rotatable bonds is 5. The van der Waals surface area contributed by atoms with Crippen LogP contribution in [0.5, 0.6) is 0 Å². The van der Waals surface area contributed by atoms with Gasteiger partial charge in [-0.3, -0.25) is 4.79 Å². The number of thioether (sulfide) groups is 1. The number of aliphatic hydroxyl groups is 1. The number of hydrogen-bond acceptors (Lipinski definition) is 6. The molecule has 0 aliphatic rings. The van der Waals surface area contributed by atoms with Gasteiger partial charge in [-0.05, 0) is 6.92 Å². The fourth-order valence-electron chi connectivity index (χ4n) is 0.356. The third kappa shape index (κ3) is 4.52. The average molecular weight is 196 g/mol. The summed E-state index contributed by atoms with van der Waals surface area (Å²) in [6.07, 6.45) is 0. The molecule has 0 rings (SSSR count). The fraction of sp³-hybridized carbons (Fsp3) is 0.800. The highest BCUT2D eigenvalue weighted by Crippen LogP contribution is 2.17. The van der Waals surface area contributed by atoms with Crippen LogP contribution >= 0.6 is 11.8 Å². The molecule has 2 atom stereocenters. The highest BCUT2D eigenvalue weighted by atomic mass is 32.2. The van der Waals surface area contributed by atoms with Gasteiger partial charge in [0.05, 0.1) is 0 Å². The van der Waals surface area contributed by atoms with Crippen LogP contribution in [0.4, 0.5) is 0 Å². The Kier molecular flexibility index (Phi) is 4.50. The molecule has 0 fully saturated rings. The number of aliphatic carboxylic acids is 1. The molecule has 7 heteroatoms. The fourth-order valence-corrected chi connectivity index (χ4v) is 1.07. The Morgan fingerprint density at radius 3 is 2.67 bits per heavy atom. The van der Waals surface area contributed by atoms with Gasteiger partial charge >= 0.3 is 5.97 Å². The second-order valence-electron chi connectivity index (χ2n) is 2.35. The van der Waals surface area contributed by atoms with E-state index in [-0.39, 0.29) is 5.75 Å². The standard InChI is InChI=1S/C5H12N2O4S/c1-5(10,7-11)12-2-3(6)4(8)9/h3,7,10-11H,2,6H2,1H3,(H,8,9)/t3-,5-/m0/s1. The van der Waals surface area contributed by atoms with Gasteiger partial charge in [0.1, 0.15) is 6.04 Å². The van der Waals surface area contributed by atoms with Crippen LogP contribution in [0, 0.1) is 0 Å². The molecule has 0 saturated heterocycles. The molecular weight excluding hydrogens is 184 g/mol. The number of hydroxylamine groups is 1. The maximum absolute atomic E-state index is 10.2. The Labute approximate surface area is 73.7 Å². The zero-order valence-corrected chi connectivity index (χ0v) is 7.34. The van der Waals surface area contributed by atoms with Crippen molar-refractivity contribution in [2.24, 2.45) is 5.73 Å². The van der Waals surface area contributed by atoms with Crippen LogP contribution < -0.4 is 11.2 Å². The van der Waals surface area contributed by atoms with Crippen LogP contribution in [-0.4, -0.2) is 38.2 Å². The summed E-state index contributed by atoms with van der Waals surface area (Å²) in [7, 11) is 0. The minimum Gasteiger partial charge on any atom is -0.480 e. The first-order valence-electron chi connectivity index (χ1n) is 3.15. The number of hydrogen-bond donors (Lipinski definition) is 5. The van der Waals surface area contributed by atoms with E-state index in [1.54, 1.807) is 5.48 Å². The van der Waals surface area contributed by atoms with Gasteiger partial charge in [-0.25, -0.2) is 0 Å². The molecule has 72 valence electrons. The van der Waals surface area contributed by atoms with E-state index in [0.29, 0.717) is 0 Å². The smallest absolute Gasteiger partial charge is 0.321 e. The van der Waals surface area contributed by atoms with Crippen LogP contribution in [0.2, 0.25) is 0 Å². The van der Waals surface area contributed by atoms with E-state index in [2.05, 4.69) is 0 Å². The van der Waals surface area contributed by atoms with Crippen molar-refractivity contribution in [1.29, 1.82) is 0 Å². The summed E-state index contributed by atoms with van der Waals surface area (Å²) in [5, 5.41) is 24.2. The van der Waals surface area contributed by atoms with Crippen LogP contribution in [0.15, 0.2) is 0 Å². The quantitative estimate of drug-likeness (QED) is 0.276. The Morgan fingerprint density at radius 1 is 1.83 bits per heavy atom. The molecule has 0 spiro atoms. The SMILES string of the molecule is C[C@@](O)(NO)SC[C@H](N)C(=O)O. The molecule has 12 heavy (non-hydrogen) atoms. The normalized spacial score (nSPS) is 18.3. The third-order valence-electron chi connectivity index (χ3n) is 1.07. The summed E-state index contributed by atoms with van der Waals surface area (Å²) in [5.74, 6) is -1.13. The summed E-state index contributed by atoms with van der Waals surface area (Å²) >= 11 is 0.804. The Balaban J connectivity index is 3.75. The minimum absolute atomic E-state index is 0.00981. The molecular formula is C5H12N2O4S. The lowest BCUT2D eigenvalue weighted by Crippen LogP contribution is -2.40. The van der Waals surface area contributed by atoms with Crippen molar-refractivity contribution in [2.75, 3.05) is 5.75 Å². The van der Waals surface area contributed by atoms with Gasteiger partial charge in [-0.1, -0.05) is 0 Å². The Morgan fingerprint density at radius 2 is 2.33 bits per heavy atom. The van der Waals surface area contributed by atoms with Crippen molar-refractivity contribution in [2.45, 2.75) is 18.0 Å². The van der Waals surface area contributed by atoms with Gasteiger partial charge in [-0.2, -0.15) is 5.48 Å². The van der Waals surface area contributed by atoms with E-state index < -0.39 is 17.1 Å². The van der Waals surface area contributed by atoms with Crippen molar-refractivity contribution in [1.82, 2.24) is 5.48 Å². The molecule has 0 heterocycles. The predicted octanol–water partition coefficient (Wildman–Crippen LogP) is -1.22. The van der Waals surface area contributed by atoms with Crippen molar-refractivity contribution in [3.63, 3.8) is 0 Å². The van der Waals surface area contributed by atoms with Gasteiger partial charge in [-0.15, -0.1) is 11.8 Å². The van der Waals surface area contributed by atoms with Gasteiger partial charge < -0.3 is 21.2 Å². The molecule has 0 amide bonds. The molecule has 0 aromatic rings. The van der Waals surface area contributed by atoms with Crippen molar-refractivity contribution in [3.05, 3.63) is 0 Å². The van der Waals surface area contributed by atoms with Gasteiger partial charge in [0.25, 0.3) is 0 Å². The van der Waals surface area contributed by atoms with Gasteiger partial charge in [0.2, 0.25) is 0 Å². The molecule has 6 N–H and O–H groups in total. The van der Waals surface area contributed by atoms with Crippen molar-refractivity contribution >= 4 is 17.7 Å². The monoisotopic (exact) mass is 196 g/mol. The lowest BCUT2D eigenvalue weighted by atomic mass is 10.4. The molecule has 0 radical (unpaired) electrons. The Bertz CT molecular complexity index is 164. The second kappa shape index (κ2) is 4.63. The van der Waals surface area contributed by atoms with E-state index in [9.17, 15) is 4.79 Å². The zero-order chi connectivity index (χ0) is 9.78. The highest BCUT2D eigenvalue weighted by molar-refractivity contribution is 8.00. The first-order chi connectivity index (χ1) is 5.39. The van der Waals surface area contributed by atoms with E-state index in [1.165, 1.54) is 6.92 Å². The number of nitrogens with two attached hydrogens (primary N) is 1. The molecule has 0 saturated carbocycles. The van der Waals surface area contributed by atoms with Crippen LogP contribution in [-0.2, 0) is 4.79 Å². The zero-order valence-electron chi connectivity index (χ0n) is 6.52. The largest absolute Gasteiger partial charge is 0.480 e.